The van der Waals surface area contributed by atoms with Gasteiger partial charge in [0.2, 0.25) is 11.8 Å². The maximum Gasteiger partial charge on any atom is 0.248 e. The van der Waals surface area contributed by atoms with E-state index in [1.807, 2.05) is 30.3 Å². The third kappa shape index (κ3) is 6.33. The third-order valence-corrected chi connectivity index (χ3v) is 5.76. The lowest BCUT2D eigenvalue weighted by atomic mass is 9.87. The molecule has 0 aliphatic carbocycles. The normalized spacial score (nSPS) is 16.2. The summed E-state index contributed by atoms with van der Waals surface area (Å²) in [5.74, 6) is -4.11. The first-order valence-electron chi connectivity index (χ1n) is 10.8. The van der Waals surface area contributed by atoms with E-state index in [0.717, 1.165) is 11.6 Å². The maximum atomic E-state index is 13.9. The summed E-state index contributed by atoms with van der Waals surface area (Å²) in [7, 11) is 1.68. The average Bonchev–Trinajstić information content (AvgIpc) is 2.78. The van der Waals surface area contributed by atoms with Crippen LogP contribution in [0.15, 0.2) is 42.5 Å². The molecular formula is C24H28F3N3O3. The molecule has 178 valence electrons. The first-order valence-corrected chi connectivity index (χ1v) is 10.8. The zero-order valence-electron chi connectivity index (χ0n) is 18.5. The number of hydrogen-bond donors (Lipinski definition) is 2. The lowest BCUT2D eigenvalue weighted by molar-refractivity contribution is -0.145. The Kier molecular flexibility index (Phi) is 8.10. The van der Waals surface area contributed by atoms with Crippen LogP contribution in [-0.4, -0.2) is 48.6 Å². The molecule has 1 heterocycles. The Morgan fingerprint density at radius 2 is 1.73 bits per heavy atom. The Labute approximate surface area is 190 Å². The predicted molar refractivity (Wildman–Crippen MR) is 116 cm³/mol. The molecule has 1 aliphatic heterocycles. The van der Waals surface area contributed by atoms with E-state index in [1.165, 1.54) is 0 Å². The minimum Gasteiger partial charge on any atom is -0.381 e. The van der Waals surface area contributed by atoms with Crippen molar-refractivity contribution in [3.63, 3.8) is 0 Å². The quantitative estimate of drug-likeness (QED) is 0.590. The highest BCUT2D eigenvalue weighted by Crippen LogP contribution is 2.25. The van der Waals surface area contributed by atoms with Gasteiger partial charge in [-0.2, -0.15) is 0 Å². The van der Waals surface area contributed by atoms with Crippen LogP contribution in [0, 0.1) is 17.5 Å². The fourth-order valence-corrected chi connectivity index (χ4v) is 4.04. The minimum absolute atomic E-state index is 0.117. The van der Waals surface area contributed by atoms with Crippen LogP contribution in [0.5, 0.6) is 0 Å². The lowest BCUT2D eigenvalue weighted by Crippen LogP contribution is -2.61. The second-order valence-electron chi connectivity index (χ2n) is 8.42. The maximum absolute atomic E-state index is 13.9. The first kappa shape index (κ1) is 24.7. The molecule has 3 N–H and O–H groups in total. The standard InChI is InChI=1S/C24H28F3N3O3/c1-30(15-16-5-3-2-4-6-16)23(32)24(7-9-33-10-8-24)29-22(31)13-18(28)11-17-12-20(26)21(27)14-19(17)25/h2-6,12,14,18H,7-11,13,15,28H2,1H3,(H,29,31)/t18-/m1/s1. The molecule has 2 amide bonds. The molecule has 6 nitrogen and oxygen atoms in total. The number of carbonyl (C=O) groups is 2. The van der Waals surface area contributed by atoms with Gasteiger partial charge >= 0.3 is 0 Å². The van der Waals surface area contributed by atoms with Gasteiger partial charge in [-0.1, -0.05) is 30.3 Å². The lowest BCUT2D eigenvalue weighted by Gasteiger charge is -2.39. The molecule has 1 aliphatic rings. The zero-order chi connectivity index (χ0) is 24.0. The van der Waals surface area contributed by atoms with E-state index >= 15 is 0 Å². The van der Waals surface area contributed by atoms with E-state index < -0.39 is 34.9 Å². The van der Waals surface area contributed by atoms with Crippen LogP contribution < -0.4 is 11.1 Å². The van der Waals surface area contributed by atoms with Crippen molar-refractivity contribution in [2.24, 2.45) is 5.73 Å². The van der Waals surface area contributed by atoms with Crippen molar-refractivity contribution in [3.8, 4) is 0 Å². The van der Waals surface area contributed by atoms with Crippen molar-refractivity contribution in [1.29, 1.82) is 0 Å². The molecule has 0 aromatic heterocycles. The van der Waals surface area contributed by atoms with Crippen LogP contribution in [0.3, 0.4) is 0 Å². The molecule has 0 unspecified atom stereocenters. The first-order chi connectivity index (χ1) is 15.7. The molecule has 2 aromatic carbocycles. The Morgan fingerprint density at radius 1 is 1.09 bits per heavy atom. The number of carbonyl (C=O) groups excluding carboxylic acids is 2. The second kappa shape index (κ2) is 10.8. The zero-order valence-corrected chi connectivity index (χ0v) is 18.5. The minimum atomic E-state index is -1.29. The molecule has 33 heavy (non-hydrogen) atoms. The monoisotopic (exact) mass is 463 g/mol. The van der Waals surface area contributed by atoms with Crippen molar-refractivity contribution in [3.05, 3.63) is 71.0 Å². The predicted octanol–water partition coefficient (Wildman–Crippen LogP) is 2.69. The highest BCUT2D eigenvalue weighted by molar-refractivity contribution is 5.91. The van der Waals surface area contributed by atoms with Crippen LogP contribution in [-0.2, 0) is 27.3 Å². The molecule has 9 heteroatoms. The van der Waals surface area contributed by atoms with E-state index in [0.29, 0.717) is 38.7 Å². The number of nitrogens with zero attached hydrogens (tertiary/aromatic N) is 1. The van der Waals surface area contributed by atoms with E-state index in [9.17, 15) is 22.8 Å². The van der Waals surface area contributed by atoms with Gasteiger partial charge in [0.15, 0.2) is 11.6 Å². The third-order valence-electron chi connectivity index (χ3n) is 5.76. The molecule has 0 spiro atoms. The van der Waals surface area contributed by atoms with Crippen molar-refractivity contribution in [2.45, 2.75) is 43.8 Å². The van der Waals surface area contributed by atoms with Crippen LogP contribution in [0.1, 0.15) is 30.4 Å². The number of hydrogen-bond acceptors (Lipinski definition) is 4. The van der Waals surface area contributed by atoms with Gasteiger partial charge in [0.25, 0.3) is 0 Å². The summed E-state index contributed by atoms with van der Waals surface area (Å²) in [6.45, 7) is 1.02. The number of likely N-dealkylation sites (N-methyl/N-ethyl adjacent to an activating group) is 1. The fraction of sp³-hybridized carbons (Fsp3) is 0.417. The SMILES string of the molecule is CN(Cc1ccccc1)C(=O)C1(NC(=O)C[C@H](N)Cc2cc(F)c(F)cc2F)CCOCC1. The summed E-state index contributed by atoms with van der Waals surface area (Å²) < 4.78 is 45.9. The van der Waals surface area contributed by atoms with Crippen LogP contribution >= 0.6 is 0 Å². The summed E-state index contributed by atoms with van der Waals surface area (Å²) in [4.78, 5) is 27.7. The molecule has 0 saturated carbocycles. The summed E-state index contributed by atoms with van der Waals surface area (Å²) in [5, 5.41) is 2.83. The van der Waals surface area contributed by atoms with Gasteiger partial charge in [0.05, 0.1) is 0 Å². The highest BCUT2D eigenvalue weighted by Gasteiger charge is 2.43. The second-order valence-corrected chi connectivity index (χ2v) is 8.42. The Morgan fingerprint density at radius 3 is 2.39 bits per heavy atom. The van der Waals surface area contributed by atoms with Crippen LogP contribution in [0.4, 0.5) is 13.2 Å². The largest absolute Gasteiger partial charge is 0.381 e. The van der Waals surface area contributed by atoms with Gasteiger partial charge in [-0.25, -0.2) is 13.2 Å². The smallest absolute Gasteiger partial charge is 0.248 e. The van der Waals surface area contributed by atoms with Gasteiger partial charge < -0.3 is 20.7 Å². The molecule has 1 atom stereocenters. The summed E-state index contributed by atoms with van der Waals surface area (Å²) >= 11 is 0. The fourth-order valence-electron chi connectivity index (χ4n) is 4.04. The summed E-state index contributed by atoms with van der Waals surface area (Å²) in [6.07, 6.45) is 0.249. The van der Waals surface area contributed by atoms with Gasteiger partial charge in [-0.15, -0.1) is 0 Å². The molecule has 0 bridgehead atoms. The van der Waals surface area contributed by atoms with Gasteiger partial charge in [0.1, 0.15) is 11.4 Å². The Bertz CT molecular complexity index is 982. The van der Waals surface area contributed by atoms with Crippen molar-refractivity contribution < 1.29 is 27.5 Å². The molecular weight excluding hydrogens is 435 g/mol. The average molecular weight is 464 g/mol. The van der Waals surface area contributed by atoms with Crippen molar-refractivity contribution in [1.82, 2.24) is 10.2 Å². The number of nitrogens with one attached hydrogen (secondary N) is 1. The van der Waals surface area contributed by atoms with Crippen LogP contribution in [0.2, 0.25) is 0 Å². The number of rotatable bonds is 8. The number of ether oxygens (including phenoxy) is 1. The van der Waals surface area contributed by atoms with E-state index in [1.54, 1.807) is 11.9 Å². The number of halogens is 3. The molecule has 2 aromatic rings. The van der Waals surface area contributed by atoms with Crippen molar-refractivity contribution >= 4 is 11.8 Å². The van der Waals surface area contributed by atoms with E-state index in [4.69, 9.17) is 10.5 Å². The van der Waals surface area contributed by atoms with Gasteiger partial charge in [0, 0.05) is 58.2 Å². The molecule has 3 rings (SSSR count). The van der Waals surface area contributed by atoms with Crippen molar-refractivity contribution in [2.75, 3.05) is 20.3 Å². The number of nitrogens with two attached hydrogens (primary N) is 1. The Balaban J connectivity index is 1.66. The number of amides is 2. The molecule has 0 radical (unpaired) electrons. The summed E-state index contributed by atoms with van der Waals surface area (Å²) in [6, 6.07) is 9.83. The topological polar surface area (TPSA) is 84.7 Å². The summed E-state index contributed by atoms with van der Waals surface area (Å²) in [5.41, 5.74) is 5.69. The van der Waals surface area contributed by atoms with E-state index in [2.05, 4.69) is 5.32 Å². The molecule has 1 saturated heterocycles. The van der Waals surface area contributed by atoms with E-state index in [-0.39, 0.29) is 24.3 Å². The van der Waals surface area contributed by atoms with Gasteiger partial charge in [-0.05, 0) is 23.6 Å². The Hall–Kier alpha value is -2.91. The van der Waals surface area contributed by atoms with Crippen LogP contribution in [0.25, 0.3) is 0 Å². The van der Waals surface area contributed by atoms with Gasteiger partial charge in [-0.3, -0.25) is 9.59 Å². The molecule has 1 fully saturated rings. The highest BCUT2D eigenvalue weighted by atomic mass is 19.2. The number of benzene rings is 2.